The molecule has 1 aliphatic rings. The van der Waals surface area contributed by atoms with Gasteiger partial charge in [-0.05, 0) is 18.6 Å². The van der Waals surface area contributed by atoms with Gasteiger partial charge in [0.05, 0.1) is 37.1 Å². The number of aliphatic hydroxyl groups excluding tert-OH is 1. The summed E-state index contributed by atoms with van der Waals surface area (Å²) in [4.78, 5) is 38.0. The van der Waals surface area contributed by atoms with E-state index in [9.17, 15) is 14.4 Å². The first-order chi connectivity index (χ1) is 11.9. The van der Waals surface area contributed by atoms with Crippen molar-refractivity contribution in [2.24, 2.45) is 0 Å². The number of carbonyl (C=O) groups is 3. The maximum Gasteiger partial charge on any atom is 0.337 e. The number of aryl methyl sites for hydroxylation is 1. The van der Waals surface area contributed by atoms with Crippen molar-refractivity contribution in [3.8, 4) is 0 Å². The third kappa shape index (κ3) is 3.63. The number of esters is 1. The Bertz CT molecular complexity index is 742. The molecule has 0 bridgehead atoms. The quantitative estimate of drug-likeness (QED) is 0.627. The molecule has 2 amide bonds. The van der Waals surface area contributed by atoms with Crippen LogP contribution in [0.4, 0.5) is 5.69 Å². The molecular formula is C17H21N3O5. The van der Waals surface area contributed by atoms with E-state index in [0.717, 1.165) is 5.56 Å². The zero-order valence-electron chi connectivity index (χ0n) is 14.4. The number of aliphatic hydroxyl groups is 1. The Hall–Kier alpha value is -2.87. The molecule has 8 heteroatoms. The number of hydrogen-bond acceptors (Lipinski definition) is 6. The van der Waals surface area contributed by atoms with Gasteiger partial charge in [0.2, 0.25) is 0 Å². The topological polar surface area (TPSA) is 108 Å². The van der Waals surface area contributed by atoms with Crippen LogP contribution in [0.25, 0.3) is 0 Å². The molecule has 25 heavy (non-hydrogen) atoms. The lowest BCUT2D eigenvalue weighted by atomic mass is 10.1. The fraction of sp³-hybridized carbons (Fsp3) is 0.353. The highest BCUT2D eigenvalue weighted by atomic mass is 16.5. The molecule has 0 aromatic heterocycles. The SMILES string of the molecule is CNC(=O)c1cccc(C)c1NC1=C(C(=O)OC)CN(CCO)C1=O. The minimum Gasteiger partial charge on any atom is -0.466 e. The number of ether oxygens (including phenoxy) is 1. The summed E-state index contributed by atoms with van der Waals surface area (Å²) in [6.07, 6.45) is 0. The number of amides is 2. The number of β-amino-alcohol motifs (C(OH)–C–C–N with tert-alkyl or cyclic N) is 1. The van der Waals surface area contributed by atoms with E-state index in [0.29, 0.717) is 11.3 Å². The van der Waals surface area contributed by atoms with Crippen LogP contribution in [-0.2, 0) is 14.3 Å². The van der Waals surface area contributed by atoms with Crippen molar-refractivity contribution >= 4 is 23.5 Å². The summed E-state index contributed by atoms with van der Waals surface area (Å²) in [6.45, 7) is 1.70. The maximum atomic E-state index is 12.6. The lowest BCUT2D eigenvalue weighted by Gasteiger charge is -2.17. The lowest BCUT2D eigenvalue weighted by molar-refractivity contribution is -0.136. The fourth-order valence-corrected chi connectivity index (χ4v) is 2.63. The summed E-state index contributed by atoms with van der Waals surface area (Å²) in [6, 6.07) is 5.14. The second-order valence-corrected chi connectivity index (χ2v) is 5.50. The van der Waals surface area contributed by atoms with Crippen LogP contribution in [0.1, 0.15) is 15.9 Å². The van der Waals surface area contributed by atoms with Gasteiger partial charge in [-0.1, -0.05) is 12.1 Å². The van der Waals surface area contributed by atoms with Crippen LogP contribution >= 0.6 is 0 Å². The van der Waals surface area contributed by atoms with Crippen LogP contribution in [-0.4, -0.2) is 61.6 Å². The molecule has 0 aliphatic carbocycles. The van der Waals surface area contributed by atoms with E-state index in [2.05, 4.69) is 10.6 Å². The van der Waals surface area contributed by atoms with E-state index in [1.54, 1.807) is 25.1 Å². The first-order valence-corrected chi connectivity index (χ1v) is 7.74. The number of benzene rings is 1. The maximum absolute atomic E-state index is 12.6. The Morgan fingerprint density at radius 3 is 2.68 bits per heavy atom. The Morgan fingerprint density at radius 1 is 1.36 bits per heavy atom. The number of rotatable bonds is 6. The molecular weight excluding hydrogens is 326 g/mol. The Kier molecular flexibility index (Phi) is 5.76. The lowest BCUT2D eigenvalue weighted by Crippen LogP contribution is -2.31. The molecule has 0 atom stereocenters. The van der Waals surface area contributed by atoms with Crippen molar-refractivity contribution in [2.45, 2.75) is 6.92 Å². The minimum absolute atomic E-state index is 0.0373. The standard InChI is InChI=1S/C17H21N3O5/c1-10-5-4-6-11(15(22)18-2)13(10)19-14-12(17(24)25-3)9-20(7-8-21)16(14)23/h4-6,19,21H,7-9H2,1-3H3,(H,18,22). The van der Waals surface area contributed by atoms with E-state index in [1.807, 2.05) is 0 Å². The first kappa shape index (κ1) is 18.5. The van der Waals surface area contributed by atoms with E-state index in [-0.39, 0.29) is 36.9 Å². The van der Waals surface area contributed by atoms with Crippen molar-refractivity contribution < 1.29 is 24.2 Å². The summed E-state index contributed by atoms with van der Waals surface area (Å²) >= 11 is 0. The predicted octanol–water partition coefficient (Wildman–Crippen LogP) is 0.0281. The monoisotopic (exact) mass is 347 g/mol. The van der Waals surface area contributed by atoms with Crippen LogP contribution in [0.15, 0.2) is 29.5 Å². The molecule has 1 aliphatic heterocycles. The first-order valence-electron chi connectivity index (χ1n) is 7.74. The van der Waals surface area contributed by atoms with Crippen molar-refractivity contribution in [1.82, 2.24) is 10.2 Å². The van der Waals surface area contributed by atoms with Gasteiger partial charge in [-0.2, -0.15) is 0 Å². The molecule has 3 N–H and O–H groups in total. The molecule has 1 aromatic rings. The van der Waals surface area contributed by atoms with Gasteiger partial charge >= 0.3 is 5.97 Å². The second kappa shape index (κ2) is 7.80. The van der Waals surface area contributed by atoms with Crippen LogP contribution in [0.3, 0.4) is 0 Å². The molecule has 0 radical (unpaired) electrons. The fourth-order valence-electron chi connectivity index (χ4n) is 2.63. The highest BCUT2D eigenvalue weighted by Gasteiger charge is 2.35. The van der Waals surface area contributed by atoms with E-state index >= 15 is 0 Å². The highest BCUT2D eigenvalue weighted by molar-refractivity contribution is 6.10. The number of hydrogen-bond donors (Lipinski definition) is 3. The normalized spacial score (nSPS) is 13.9. The largest absolute Gasteiger partial charge is 0.466 e. The third-order valence-corrected chi connectivity index (χ3v) is 3.95. The third-order valence-electron chi connectivity index (χ3n) is 3.95. The Balaban J connectivity index is 2.47. The van der Waals surface area contributed by atoms with E-state index in [4.69, 9.17) is 9.84 Å². The van der Waals surface area contributed by atoms with Crippen molar-refractivity contribution in [3.05, 3.63) is 40.6 Å². The molecule has 2 rings (SSSR count). The van der Waals surface area contributed by atoms with Crippen LogP contribution in [0.5, 0.6) is 0 Å². The van der Waals surface area contributed by atoms with Crippen LogP contribution < -0.4 is 10.6 Å². The summed E-state index contributed by atoms with van der Waals surface area (Å²) < 4.78 is 4.75. The van der Waals surface area contributed by atoms with Crippen molar-refractivity contribution in [2.75, 3.05) is 39.2 Å². The van der Waals surface area contributed by atoms with Crippen molar-refractivity contribution in [3.63, 3.8) is 0 Å². The molecule has 1 aromatic carbocycles. The smallest absolute Gasteiger partial charge is 0.337 e. The minimum atomic E-state index is -0.633. The molecule has 0 unspecified atom stereocenters. The number of carbonyl (C=O) groups excluding carboxylic acids is 3. The zero-order chi connectivity index (χ0) is 18.6. The van der Waals surface area contributed by atoms with Gasteiger partial charge in [-0.15, -0.1) is 0 Å². The highest BCUT2D eigenvalue weighted by Crippen LogP contribution is 2.27. The van der Waals surface area contributed by atoms with E-state index in [1.165, 1.54) is 19.1 Å². The number of nitrogens with zero attached hydrogens (tertiary/aromatic N) is 1. The van der Waals surface area contributed by atoms with Gasteiger partial charge in [0.15, 0.2) is 0 Å². The number of para-hydroxylation sites is 1. The van der Waals surface area contributed by atoms with Gasteiger partial charge < -0.3 is 25.4 Å². The average Bonchev–Trinajstić information content (AvgIpc) is 2.92. The number of methoxy groups -OCH3 is 1. The summed E-state index contributed by atoms with van der Waals surface area (Å²) in [5, 5.41) is 14.6. The van der Waals surface area contributed by atoms with Crippen LogP contribution in [0, 0.1) is 6.92 Å². The van der Waals surface area contributed by atoms with E-state index < -0.39 is 11.9 Å². The number of anilines is 1. The molecule has 134 valence electrons. The summed E-state index contributed by atoms with van der Waals surface area (Å²) in [5.41, 5.74) is 1.75. The Morgan fingerprint density at radius 2 is 2.08 bits per heavy atom. The second-order valence-electron chi connectivity index (χ2n) is 5.50. The van der Waals surface area contributed by atoms with Gasteiger partial charge in [-0.25, -0.2) is 4.79 Å². The molecule has 1 heterocycles. The zero-order valence-corrected chi connectivity index (χ0v) is 14.4. The van der Waals surface area contributed by atoms with Gasteiger partial charge in [-0.3, -0.25) is 9.59 Å². The van der Waals surface area contributed by atoms with Gasteiger partial charge in [0, 0.05) is 13.6 Å². The molecule has 0 fully saturated rings. The van der Waals surface area contributed by atoms with Gasteiger partial charge in [0.1, 0.15) is 5.70 Å². The van der Waals surface area contributed by atoms with Crippen molar-refractivity contribution in [1.29, 1.82) is 0 Å². The van der Waals surface area contributed by atoms with Crippen LogP contribution in [0.2, 0.25) is 0 Å². The molecule has 0 saturated carbocycles. The summed E-state index contributed by atoms with van der Waals surface area (Å²) in [5.74, 6) is -1.38. The number of nitrogens with one attached hydrogen (secondary N) is 2. The Labute approximate surface area is 145 Å². The average molecular weight is 347 g/mol. The summed E-state index contributed by atoms with van der Waals surface area (Å²) in [7, 11) is 2.74. The molecule has 8 nitrogen and oxygen atoms in total. The molecule has 0 spiro atoms. The van der Waals surface area contributed by atoms with Gasteiger partial charge in [0.25, 0.3) is 11.8 Å². The predicted molar refractivity (Wildman–Crippen MR) is 90.9 cm³/mol. The molecule has 0 saturated heterocycles.